The van der Waals surface area contributed by atoms with Gasteiger partial charge in [0.25, 0.3) is 0 Å². The van der Waals surface area contributed by atoms with E-state index in [4.69, 9.17) is 4.74 Å². The van der Waals surface area contributed by atoms with Crippen molar-refractivity contribution in [1.29, 1.82) is 0 Å². The Kier molecular flexibility index (Phi) is 11.6. The van der Waals surface area contributed by atoms with Gasteiger partial charge in [0.1, 0.15) is 9.84 Å². The quantitative estimate of drug-likeness (QED) is 0.293. The van der Waals surface area contributed by atoms with Crippen molar-refractivity contribution in [3.8, 4) is 0 Å². The maximum atomic E-state index is 11.3. The molecule has 172 valence electrons. The molecule has 1 fully saturated rings. The number of aliphatic imine (C=N–C) groups is 1. The Balaban J connectivity index is 0.00000450. The lowest BCUT2D eigenvalue weighted by Gasteiger charge is -2.35. The second-order valence-electron chi connectivity index (χ2n) is 8.16. The van der Waals surface area contributed by atoms with Gasteiger partial charge in [-0.05, 0) is 38.3 Å². The fourth-order valence-electron chi connectivity index (χ4n) is 3.51. The third-order valence-electron chi connectivity index (χ3n) is 4.91. The number of morpholine rings is 1. The number of benzene rings is 1. The molecule has 0 bridgehead atoms. The third kappa shape index (κ3) is 10.4. The molecule has 0 aliphatic carbocycles. The summed E-state index contributed by atoms with van der Waals surface area (Å²) >= 11 is 0. The number of hydrogen-bond donors (Lipinski definition) is 2. The topological polar surface area (TPSA) is 83.0 Å². The first-order valence-electron chi connectivity index (χ1n) is 10.2. The molecule has 1 saturated heterocycles. The van der Waals surface area contributed by atoms with Crippen LogP contribution in [0.4, 0.5) is 0 Å². The standard InChI is InChI=1S/C21H36N4O3S.HI/c1-16(10-11-29(5,26)27)24-21(22-4)23-12-19-6-8-20(9-7-19)15-25-13-17(2)28-18(3)14-25;/h6-9,16-18H,10-15H2,1-5H3,(H2,22,23,24);1H. The zero-order valence-electron chi connectivity index (χ0n) is 18.7. The highest BCUT2D eigenvalue weighted by Crippen LogP contribution is 2.14. The molecule has 0 aromatic heterocycles. The van der Waals surface area contributed by atoms with Gasteiger partial charge in [0.2, 0.25) is 0 Å². The monoisotopic (exact) mass is 552 g/mol. The number of rotatable bonds is 8. The van der Waals surface area contributed by atoms with E-state index in [1.54, 1.807) is 7.05 Å². The molecule has 2 rings (SSSR count). The molecule has 1 aromatic rings. The van der Waals surface area contributed by atoms with Crippen LogP contribution in [0.2, 0.25) is 0 Å². The van der Waals surface area contributed by atoms with Crippen LogP contribution in [-0.4, -0.2) is 69.7 Å². The maximum Gasteiger partial charge on any atom is 0.191 e. The molecule has 0 radical (unpaired) electrons. The third-order valence-corrected chi connectivity index (χ3v) is 5.89. The first-order chi connectivity index (χ1) is 13.6. The van der Waals surface area contributed by atoms with E-state index in [-0.39, 0.29) is 48.0 Å². The van der Waals surface area contributed by atoms with Gasteiger partial charge in [0.05, 0.1) is 18.0 Å². The number of halogens is 1. The summed E-state index contributed by atoms with van der Waals surface area (Å²) in [6, 6.07) is 8.64. The Morgan fingerprint density at radius 1 is 1.20 bits per heavy atom. The van der Waals surface area contributed by atoms with Crippen molar-refractivity contribution in [2.24, 2.45) is 4.99 Å². The van der Waals surface area contributed by atoms with Crippen molar-refractivity contribution in [3.05, 3.63) is 35.4 Å². The molecule has 9 heteroatoms. The van der Waals surface area contributed by atoms with E-state index in [1.165, 1.54) is 17.4 Å². The summed E-state index contributed by atoms with van der Waals surface area (Å²) in [7, 11) is -1.23. The van der Waals surface area contributed by atoms with Gasteiger partial charge >= 0.3 is 0 Å². The van der Waals surface area contributed by atoms with E-state index in [0.717, 1.165) is 19.6 Å². The molecule has 1 aliphatic rings. The molecule has 1 aliphatic heterocycles. The van der Waals surface area contributed by atoms with E-state index in [1.807, 2.05) is 6.92 Å². The summed E-state index contributed by atoms with van der Waals surface area (Å²) in [5.41, 5.74) is 2.47. The molecule has 1 aromatic carbocycles. The minimum absolute atomic E-state index is 0. The van der Waals surface area contributed by atoms with E-state index in [0.29, 0.717) is 18.9 Å². The molecule has 0 saturated carbocycles. The fraction of sp³-hybridized carbons (Fsp3) is 0.667. The lowest BCUT2D eigenvalue weighted by atomic mass is 10.1. The van der Waals surface area contributed by atoms with Crippen molar-refractivity contribution in [2.45, 2.75) is 58.5 Å². The van der Waals surface area contributed by atoms with E-state index >= 15 is 0 Å². The highest BCUT2D eigenvalue weighted by atomic mass is 127. The average Bonchev–Trinajstić information content (AvgIpc) is 2.63. The fourth-order valence-corrected chi connectivity index (χ4v) is 4.29. The molecule has 3 unspecified atom stereocenters. The number of hydrogen-bond acceptors (Lipinski definition) is 5. The SMILES string of the molecule is CN=C(NCc1ccc(CN2CC(C)OC(C)C2)cc1)NC(C)CCS(C)(=O)=O.I. The van der Waals surface area contributed by atoms with Crippen LogP contribution >= 0.6 is 24.0 Å². The van der Waals surface area contributed by atoms with E-state index in [2.05, 4.69) is 58.6 Å². The second kappa shape index (κ2) is 12.8. The summed E-state index contributed by atoms with van der Waals surface area (Å²) in [5.74, 6) is 0.840. The Hall–Kier alpha value is -0.910. The number of sulfone groups is 1. The minimum Gasteiger partial charge on any atom is -0.373 e. The Morgan fingerprint density at radius 3 is 2.30 bits per heavy atom. The largest absolute Gasteiger partial charge is 0.373 e. The molecule has 3 atom stereocenters. The first-order valence-corrected chi connectivity index (χ1v) is 12.3. The summed E-state index contributed by atoms with van der Waals surface area (Å²) in [6.45, 7) is 9.73. The van der Waals surface area contributed by atoms with Gasteiger partial charge < -0.3 is 15.4 Å². The van der Waals surface area contributed by atoms with Crippen molar-refractivity contribution in [3.63, 3.8) is 0 Å². The predicted molar refractivity (Wildman–Crippen MR) is 134 cm³/mol. The van der Waals surface area contributed by atoms with E-state index < -0.39 is 9.84 Å². The Labute approximate surface area is 199 Å². The van der Waals surface area contributed by atoms with Crippen molar-refractivity contribution >= 4 is 39.8 Å². The van der Waals surface area contributed by atoms with Gasteiger partial charge in [0.15, 0.2) is 5.96 Å². The van der Waals surface area contributed by atoms with Crippen LogP contribution in [0.15, 0.2) is 29.3 Å². The highest BCUT2D eigenvalue weighted by molar-refractivity contribution is 14.0. The highest BCUT2D eigenvalue weighted by Gasteiger charge is 2.21. The lowest BCUT2D eigenvalue weighted by molar-refractivity contribution is -0.0704. The van der Waals surface area contributed by atoms with Crippen LogP contribution in [-0.2, 0) is 27.7 Å². The minimum atomic E-state index is -2.95. The smallest absolute Gasteiger partial charge is 0.191 e. The number of guanidine groups is 1. The van der Waals surface area contributed by atoms with Gasteiger partial charge in [-0.15, -0.1) is 24.0 Å². The van der Waals surface area contributed by atoms with Crippen LogP contribution in [0.3, 0.4) is 0 Å². The number of nitrogens with zero attached hydrogens (tertiary/aromatic N) is 2. The van der Waals surface area contributed by atoms with Crippen LogP contribution in [0.25, 0.3) is 0 Å². The molecule has 0 spiro atoms. The first kappa shape index (κ1) is 27.1. The molecule has 7 nitrogen and oxygen atoms in total. The zero-order chi connectivity index (χ0) is 21.4. The predicted octanol–water partition coefficient (Wildman–Crippen LogP) is 2.40. The second-order valence-corrected chi connectivity index (χ2v) is 10.4. The summed E-state index contributed by atoms with van der Waals surface area (Å²) in [5, 5.41) is 6.53. The molecule has 2 N–H and O–H groups in total. The van der Waals surface area contributed by atoms with Crippen molar-refractivity contribution < 1.29 is 13.2 Å². The molecule has 1 heterocycles. The number of ether oxygens (including phenoxy) is 1. The van der Waals surface area contributed by atoms with Crippen molar-refractivity contribution in [1.82, 2.24) is 15.5 Å². The van der Waals surface area contributed by atoms with Crippen LogP contribution in [0, 0.1) is 0 Å². The number of nitrogens with one attached hydrogen (secondary N) is 2. The Morgan fingerprint density at radius 2 is 1.77 bits per heavy atom. The van der Waals surface area contributed by atoms with Crippen LogP contribution in [0.5, 0.6) is 0 Å². The lowest BCUT2D eigenvalue weighted by Crippen LogP contribution is -2.44. The Bertz CT molecular complexity index is 761. The van der Waals surface area contributed by atoms with Crippen LogP contribution < -0.4 is 10.6 Å². The molecular weight excluding hydrogens is 515 g/mol. The van der Waals surface area contributed by atoms with Gasteiger partial charge in [-0.1, -0.05) is 24.3 Å². The van der Waals surface area contributed by atoms with Gasteiger partial charge in [-0.25, -0.2) is 8.42 Å². The molecule has 30 heavy (non-hydrogen) atoms. The van der Waals surface area contributed by atoms with Crippen LogP contribution in [0.1, 0.15) is 38.3 Å². The summed E-state index contributed by atoms with van der Waals surface area (Å²) in [6.07, 6.45) is 2.37. The van der Waals surface area contributed by atoms with Gasteiger partial charge in [-0.2, -0.15) is 0 Å². The zero-order valence-corrected chi connectivity index (χ0v) is 21.9. The van der Waals surface area contributed by atoms with Crippen molar-refractivity contribution in [2.75, 3.05) is 32.1 Å². The summed E-state index contributed by atoms with van der Waals surface area (Å²) < 4.78 is 28.4. The van der Waals surface area contributed by atoms with Gasteiger partial charge in [0, 0.05) is 45.5 Å². The molecular formula is C21H37IN4O3S. The van der Waals surface area contributed by atoms with Gasteiger partial charge in [-0.3, -0.25) is 9.89 Å². The molecule has 0 amide bonds. The van der Waals surface area contributed by atoms with E-state index in [9.17, 15) is 8.42 Å². The maximum absolute atomic E-state index is 11.3. The summed E-state index contributed by atoms with van der Waals surface area (Å²) in [4.78, 5) is 6.66. The normalized spacial score (nSPS) is 21.6. The average molecular weight is 553 g/mol.